The summed E-state index contributed by atoms with van der Waals surface area (Å²) in [5.41, 5.74) is 7.62. The van der Waals surface area contributed by atoms with E-state index >= 15 is 0 Å². The van der Waals surface area contributed by atoms with Crippen molar-refractivity contribution in [3.63, 3.8) is 0 Å². The third-order valence-electron chi connectivity index (χ3n) is 7.09. The highest BCUT2D eigenvalue weighted by Gasteiger charge is 2.16. The molecule has 174 valence electrons. The lowest BCUT2D eigenvalue weighted by Gasteiger charge is -2.18. The second-order valence-corrected chi connectivity index (χ2v) is 10.4. The van der Waals surface area contributed by atoms with Crippen molar-refractivity contribution in [3.05, 3.63) is 146 Å². The van der Waals surface area contributed by atoms with Gasteiger partial charge in [0.2, 0.25) is 0 Å². The Balaban J connectivity index is 1.45. The molecule has 0 saturated carbocycles. The van der Waals surface area contributed by atoms with E-state index in [-0.39, 0.29) is 0 Å². The number of thiophene rings is 1. The van der Waals surface area contributed by atoms with Gasteiger partial charge in [-0.1, -0.05) is 127 Å². The molecular weight excluding hydrogens is 464 g/mol. The molecule has 0 aliphatic carbocycles. The SMILES string of the molecule is c1ccc(-c2ccc(-c3cccc(-c4c5ccccc5c(-c5ccccc5)c5ccccc45)c3)s2)cc1. The van der Waals surface area contributed by atoms with E-state index in [0.717, 1.165) is 0 Å². The number of benzene rings is 6. The van der Waals surface area contributed by atoms with E-state index < -0.39 is 0 Å². The van der Waals surface area contributed by atoms with Gasteiger partial charge in [0, 0.05) is 9.75 Å². The molecular formula is C36H24S. The number of rotatable bonds is 4. The predicted molar refractivity (Wildman–Crippen MR) is 161 cm³/mol. The van der Waals surface area contributed by atoms with Crippen LogP contribution in [0.5, 0.6) is 0 Å². The highest BCUT2D eigenvalue weighted by molar-refractivity contribution is 7.18. The molecule has 6 aromatic carbocycles. The number of hydrogen-bond acceptors (Lipinski definition) is 1. The van der Waals surface area contributed by atoms with Crippen LogP contribution in [0, 0.1) is 0 Å². The van der Waals surface area contributed by atoms with Gasteiger partial charge in [0.25, 0.3) is 0 Å². The lowest BCUT2D eigenvalue weighted by atomic mass is 9.85. The molecule has 0 fully saturated rings. The maximum atomic E-state index is 2.36. The van der Waals surface area contributed by atoms with Crippen LogP contribution in [0.2, 0.25) is 0 Å². The van der Waals surface area contributed by atoms with Crippen LogP contribution in [0.4, 0.5) is 0 Å². The molecule has 1 aromatic heterocycles. The molecule has 0 spiro atoms. The summed E-state index contributed by atoms with van der Waals surface area (Å²) in [6.45, 7) is 0. The predicted octanol–water partition coefficient (Wildman–Crippen LogP) is 10.7. The average Bonchev–Trinajstić information content (AvgIpc) is 3.47. The van der Waals surface area contributed by atoms with E-state index in [1.165, 1.54) is 64.7 Å². The Morgan fingerprint density at radius 2 is 0.703 bits per heavy atom. The second kappa shape index (κ2) is 9.20. The molecule has 37 heavy (non-hydrogen) atoms. The number of fused-ring (bicyclic) bond motifs is 2. The third kappa shape index (κ3) is 3.85. The Morgan fingerprint density at radius 3 is 1.27 bits per heavy atom. The average molecular weight is 489 g/mol. The molecule has 1 heteroatoms. The molecule has 0 saturated heterocycles. The van der Waals surface area contributed by atoms with Crippen LogP contribution in [0.15, 0.2) is 146 Å². The third-order valence-corrected chi connectivity index (χ3v) is 8.28. The van der Waals surface area contributed by atoms with Crippen molar-refractivity contribution >= 4 is 32.9 Å². The summed E-state index contributed by atoms with van der Waals surface area (Å²) in [5.74, 6) is 0. The summed E-state index contributed by atoms with van der Waals surface area (Å²) in [7, 11) is 0. The molecule has 7 rings (SSSR count). The maximum Gasteiger partial charge on any atom is 0.0349 e. The van der Waals surface area contributed by atoms with Gasteiger partial charge in [0.05, 0.1) is 0 Å². The van der Waals surface area contributed by atoms with Crippen molar-refractivity contribution in [3.8, 4) is 43.1 Å². The zero-order valence-corrected chi connectivity index (χ0v) is 21.1. The van der Waals surface area contributed by atoms with Crippen molar-refractivity contribution in [2.45, 2.75) is 0 Å². The van der Waals surface area contributed by atoms with Crippen molar-refractivity contribution in [2.24, 2.45) is 0 Å². The Morgan fingerprint density at radius 1 is 0.297 bits per heavy atom. The fraction of sp³-hybridized carbons (Fsp3) is 0. The largest absolute Gasteiger partial charge is 0.135 e. The zero-order chi connectivity index (χ0) is 24.6. The minimum atomic E-state index is 1.25. The molecule has 0 atom stereocenters. The molecule has 0 aliphatic heterocycles. The van der Waals surface area contributed by atoms with Gasteiger partial charge in [-0.25, -0.2) is 0 Å². The quantitative estimate of drug-likeness (QED) is 0.216. The standard InChI is InChI=1S/C36H24S/c1-3-12-25(13-4-1)33-22-23-34(37-33)27-16-11-17-28(24-27)36-31-20-9-7-18-29(31)35(26-14-5-2-6-15-26)30-19-8-10-21-32(30)36/h1-24H. The molecule has 1 heterocycles. The van der Waals surface area contributed by atoms with Crippen LogP contribution >= 0.6 is 11.3 Å². The maximum absolute atomic E-state index is 2.36. The molecule has 0 nitrogen and oxygen atoms in total. The molecule has 0 radical (unpaired) electrons. The van der Waals surface area contributed by atoms with Crippen molar-refractivity contribution in [1.82, 2.24) is 0 Å². The van der Waals surface area contributed by atoms with Gasteiger partial charge >= 0.3 is 0 Å². The highest BCUT2D eigenvalue weighted by Crippen LogP contribution is 2.44. The van der Waals surface area contributed by atoms with Gasteiger partial charge in [-0.3, -0.25) is 0 Å². The van der Waals surface area contributed by atoms with E-state index in [1.54, 1.807) is 0 Å². The van der Waals surface area contributed by atoms with Gasteiger partial charge < -0.3 is 0 Å². The van der Waals surface area contributed by atoms with Crippen molar-refractivity contribution in [1.29, 1.82) is 0 Å². The fourth-order valence-corrected chi connectivity index (χ4v) is 6.44. The van der Waals surface area contributed by atoms with Gasteiger partial charge in [-0.2, -0.15) is 0 Å². The first kappa shape index (κ1) is 21.8. The van der Waals surface area contributed by atoms with Gasteiger partial charge in [0.1, 0.15) is 0 Å². The second-order valence-electron chi connectivity index (χ2n) is 9.32. The highest BCUT2D eigenvalue weighted by atomic mass is 32.1. The van der Waals surface area contributed by atoms with Crippen LogP contribution in [0.25, 0.3) is 64.7 Å². The summed E-state index contributed by atoms with van der Waals surface area (Å²) in [6, 6.07) is 52.6. The molecule has 0 bridgehead atoms. The monoisotopic (exact) mass is 488 g/mol. The molecule has 0 amide bonds. The summed E-state index contributed by atoms with van der Waals surface area (Å²) in [6.07, 6.45) is 0. The van der Waals surface area contributed by atoms with Crippen LogP contribution in [0.3, 0.4) is 0 Å². The van der Waals surface area contributed by atoms with E-state index in [4.69, 9.17) is 0 Å². The molecule has 0 aliphatic rings. The van der Waals surface area contributed by atoms with E-state index in [0.29, 0.717) is 0 Å². The van der Waals surface area contributed by atoms with Crippen LogP contribution in [-0.2, 0) is 0 Å². The van der Waals surface area contributed by atoms with Gasteiger partial charge in [-0.05, 0) is 73.1 Å². The van der Waals surface area contributed by atoms with Gasteiger partial charge in [0.15, 0.2) is 0 Å². The van der Waals surface area contributed by atoms with Crippen LogP contribution in [0.1, 0.15) is 0 Å². The first-order chi connectivity index (χ1) is 18.4. The van der Waals surface area contributed by atoms with Gasteiger partial charge in [-0.15, -0.1) is 11.3 Å². The molecule has 0 unspecified atom stereocenters. The lowest BCUT2D eigenvalue weighted by molar-refractivity contribution is 1.65. The fourth-order valence-electron chi connectivity index (χ4n) is 5.43. The Labute approximate surface area is 221 Å². The smallest absolute Gasteiger partial charge is 0.0349 e. The summed E-state index contributed by atoms with van der Waals surface area (Å²) in [5, 5.41) is 5.15. The zero-order valence-electron chi connectivity index (χ0n) is 20.3. The lowest BCUT2D eigenvalue weighted by Crippen LogP contribution is -1.90. The minimum Gasteiger partial charge on any atom is -0.135 e. The van der Waals surface area contributed by atoms with Crippen LogP contribution < -0.4 is 0 Å². The van der Waals surface area contributed by atoms with E-state index in [2.05, 4.69) is 146 Å². The minimum absolute atomic E-state index is 1.25. The van der Waals surface area contributed by atoms with Crippen molar-refractivity contribution < 1.29 is 0 Å². The van der Waals surface area contributed by atoms with Crippen LogP contribution in [-0.4, -0.2) is 0 Å². The normalized spacial score (nSPS) is 11.2. The number of hydrogen-bond donors (Lipinski definition) is 0. The van der Waals surface area contributed by atoms with E-state index in [9.17, 15) is 0 Å². The Hall–Kier alpha value is -4.46. The Kier molecular flexibility index (Phi) is 5.42. The van der Waals surface area contributed by atoms with Crippen molar-refractivity contribution in [2.75, 3.05) is 0 Å². The topological polar surface area (TPSA) is 0 Å². The Bertz CT molecular complexity index is 1800. The summed E-state index contributed by atoms with van der Waals surface area (Å²) >= 11 is 1.85. The first-order valence-electron chi connectivity index (χ1n) is 12.6. The molecule has 0 N–H and O–H groups in total. The summed E-state index contributed by atoms with van der Waals surface area (Å²) < 4.78 is 0. The van der Waals surface area contributed by atoms with E-state index in [1.807, 2.05) is 11.3 Å². The molecule has 7 aromatic rings. The summed E-state index contributed by atoms with van der Waals surface area (Å²) in [4.78, 5) is 2.58. The first-order valence-corrected chi connectivity index (χ1v) is 13.4.